The number of rotatable bonds is 4. The van der Waals surface area contributed by atoms with Gasteiger partial charge in [0.25, 0.3) is 0 Å². The van der Waals surface area contributed by atoms with Gasteiger partial charge in [0.15, 0.2) is 5.13 Å². The van der Waals surface area contributed by atoms with Gasteiger partial charge in [-0.25, -0.2) is 9.78 Å². The van der Waals surface area contributed by atoms with Gasteiger partial charge in [0.1, 0.15) is 4.88 Å². The first kappa shape index (κ1) is 9.98. The molecule has 0 amide bonds. The van der Waals surface area contributed by atoms with Gasteiger partial charge in [0, 0.05) is 13.1 Å². The lowest BCUT2D eigenvalue weighted by atomic mass is 10.5. The van der Waals surface area contributed by atoms with Crippen LogP contribution in [0.3, 0.4) is 0 Å². The van der Waals surface area contributed by atoms with Gasteiger partial charge in [0.2, 0.25) is 0 Å². The minimum Gasteiger partial charge on any atom is -0.477 e. The fourth-order valence-electron chi connectivity index (χ4n) is 1.00. The fraction of sp³-hybridized carbons (Fsp3) is 0.500. The van der Waals surface area contributed by atoms with E-state index >= 15 is 0 Å². The van der Waals surface area contributed by atoms with Crippen molar-refractivity contribution in [2.24, 2.45) is 0 Å². The smallest absolute Gasteiger partial charge is 0.347 e. The van der Waals surface area contributed by atoms with Crippen molar-refractivity contribution in [1.82, 2.24) is 4.98 Å². The second-order valence-corrected chi connectivity index (χ2v) is 3.49. The van der Waals surface area contributed by atoms with Crippen LogP contribution in [0.25, 0.3) is 0 Å². The average molecular weight is 200 g/mol. The van der Waals surface area contributed by atoms with E-state index in [1.54, 1.807) is 0 Å². The summed E-state index contributed by atoms with van der Waals surface area (Å²) in [7, 11) is 0. The minimum absolute atomic E-state index is 0.293. The van der Waals surface area contributed by atoms with Crippen molar-refractivity contribution in [3.63, 3.8) is 0 Å². The molecule has 0 saturated heterocycles. The van der Waals surface area contributed by atoms with Crippen LogP contribution < -0.4 is 4.90 Å². The minimum atomic E-state index is -0.907. The molecular formula is C8H12N2O2S. The third kappa shape index (κ3) is 2.18. The summed E-state index contributed by atoms with van der Waals surface area (Å²) in [4.78, 5) is 16.9. The molecule has 1 rings (SSSR count). The summed E-state index contributed by atoms with van der Waals surface area (Å²) in [6, 6.07) is 0. The Kier molecular flexibility index (Phi) is 3.25. The van der Waals surface area contributed by atoms with Crippen molar-refractivity contribution in [3.8, 4) is 0 Å². The van der Waals surface area contributed by atoms with Crippen LogP contribution in [0.2, 0.25) is 0 Å². The number of carboxylic acids is 1. The molecular weight excluding hydrogens is 188 g/mol. The number of thiazole rings is 1. The van der Waals surface area contributed by atoms with E-state index in [0.29, 0.717) is 4.88 Å². The van der Waals surface area contributed by atoms with Gasteiger partial charge < -0.3 is 10.0 Å². The zero-order valence-corrected chi connectivity index (χ0v) is 8.47. The molecule has 1 heterocycles. The highest BCUT2D eigenvalue weighted by Gasteiger charge is 2.11. The first-order valence-corrected chi connectivity index (χ1v) is 4.94. The number of nitrogens with zero attached hydrogens (tertiary/aromatic N) is 2. The van der Waals surface area contributed by atoms with Gasteiger partial charge in [-0.05, 0) is 13.8 Å². The van der Waals surface area contributed by atoms with Crippen LogP contribution in [-0.2, 0) is 0 Å². The average Bonchev–Trinajstić information content (AvgIpc) is 2.56. The Morgan fingerprint density at radius 3 is 2.62 bits per heavy atom. The van der Waals surface area contributed by atoms with Gasteiger partial charge >= 0.3 is 5.97 Å². The number of aromatic carboxylic acids is 1. The number of hydrogen-bond donors (Lipinski definition) is 1. The Morgan fingerprint density at radius 1 is 1.62 bits per heavy atom. The predicted molar refractivity (Wildman–Crippen MR) is 52.6 cm³/mol. The number of anilines is 1. The van der Waals surface area contributed by atoms with Crippen LogP contribution in [-0.4, -0.2) is 29.1 Å². The summed E-state index contributed by atoms with van der Waals surface area (Å²) in [6.45, 7) is 5.74. The van der Waals surface area contributed by atoms with Crippen LogP contribution in [0.15, 0.2) is 6.20 Å². The Hall–Kier alpha value is -1.10. The van der Waals surface area contributed by atoms with Crippen molar-refractivity contribution in [2.75, 3.05) is 18.0 Å². The zero-order chi connectivity index (χ0) is 9.84. The van der Waals surface area contributed by atoms with Gasteiger partial charge in [-0.1, -0.05) is 11.3 Å². The molecule has 72 valence electrons. The largest absolute Gasteiger partial charge is 0.477 e. The number of aromatic nitrogens is 1. The highest BCUT2D eigenvalue weighted by molar-refractivity contribution is 7.17. The zero-order valence-electron chi connectivity index (χ0n) is 7.65. The van der Waals surface area contributed by atoms with Crippen molar-refractivity contribution in [1.29, 1.82) is 0 Å². The molecule has 0 atom stereocenters. The molecule has 4 nitrogen and oxygen atoms in total. The van der Waals surface area contributed by atoms with E-state index in [2.05, 4.69) is 4.98 Å². The highest BCUT2D eigenvalue weighted by Crippen LogP contribution is 2.21. The maximum absolute atomic E-state index is 10.6. The van der Waals surface area contributed by atoms with Crippen LogP contribution in [0.4, 0.5) is 5.13 Å². The molecule has 0 aromatic carbocycles. The standard InChI is InChI=1S/C8H12N2O2S/c1-3-10(4-2)8-9-5-6(13-8)7(11)12/h5H,3-4H2,1-2H3,(H,11,12). The second-order valence-electron chi connectivity index (χ2n) is 2.48. The third-order valence-electron chi connectivity index (χ3n) is 1.74. The summed E-state index contributed by atoms with van der Waals surface area (Å²) < 4.78 is 0. The van der Waals surface area contributed by atoms with E-state index in [1.165, 1.54) is 17.5 Å². The number of carboxylic acid groups (broad SMARTS) is 1. The van der Waals surface area contributed by atoms with E-state index in [0.717, 1.165) is 18.2 Å². The molecule has 0 aliphatic heterocycles. The Morgan fingerprint density at radius 2 is 2.23 bits per heavy atom. The monoisotopic (exact) mass is 200 g/mol. The summed E-state index contributed by atoms with van der Waals surface area (Å²) in [5, 5.41) is 9.46. The number of hydrogen-bond acceptors (Lipinski definition) is 4. The van der Waals surface area contributed by atoms with Crippen LogP contribution in [0.5, 0.6) is 0 Å². The lowest BCUT2D eigenvalue weighted by Gasteiger charge is -2.16. The normalized spacial score (nSPS) is 10.0. The molecule has 1 aromatic rings. The molecule has 0 fully saturated rings. The Bertz CT molecular complexity index is 294. The molecule has 1 N–H and O–H groups in total. The van der Waals surface area contributed by atoms with E-state index < -0.39 is 5.97 Å². The first-order valence-electron chi connectivity index (χ1n) is 4.13. The van der Waals surface area contributed by atoms with Gasteiger partial charge in [0.05, 0.1) is 6.20 Å². The molecule has 5 heteroatoms. The van der Waals surface area contributed by atoms with Crippen LogP contribution >= 0.6 is 11.3 Å². The maximum atomic E-state index is 10.6. The van der Waals surface area contributed by atoms with Crippen LogP contribution in [0, 0.1) is 0 Å². The molecule has 1 aromatic heterocycles. The summed E-state index contributed by atoms with van der Waals surface area (Å²) in [5.41, 5.74) is 0. The Balaban J connectivity index is 2.84. The molecule has 0 aliphatic rings. The molecule has 13 heavy (non-hydrogen) atoms. The van der Waals surface area contributed by atoms with Crippen LogP contribution in [0.1, 0.15) is 23.5 Å². The topological polar surface area (TPSA) is 53.4 Å². The molecule has 0 aliphatic carbocycles. The molecule has 0 saturated carbocycles. The van der Waals surface area contributed by atoms with Crippen molar-refractivity contribution in [3.05, 3.63) is 11.1 Å². The van der Waals surface area contributed by atoms with E-state index in [9.17, 15) is 4.79 Å². The number of carbonyl (C=O) groups is 1. The lowest BCUT2D eigenvalue weighted by molar-refractivity contribution is 0.0702. The summed E-state index contributed by atoms with van der Waals surface area (Å²) >= 11 is 1.21. The predicted octanol–water partition coefficient (Wildman–Crippen LogP) is 1.69. The lowest BCUT2D eigenvalue weighted by Crippen LogP contribution is -2.21. The molecule has 0 spiro atoms. The van der Waals surface area contributed by atoms with Crippen molar-refractivity contribution < 1.29 is 9.90 Å². The third-order valence-corrected chi connectivity index (χ3v) is 2.78. The van der Waals surface area contributed by atoms with Crippen molar-refractivity contribution >= 4 is 22.4 Å². The first-order chi connectivity index (χ1) is 6.19. The summed E-state index contributed by atoms with van der Waals surface area (Å²) in [6.07, 6.45) is 1.40. The fourth-order valence-corrected chi connectivity index (χ4v) is 1.89. The molecule has 0 radical (unpaired) electrons. The molecule has 0 bridgehead atoms. The second kappa shape index (κ2) is 4.23. The van der Waals surface area contributed by atoms with Gasteiger partial charge in [-0.2, -0.15) is 0 Å². The maximum Gasteiger partial charge on any atom is 0.347 e. The highest BCUT2D eigenvalue weighted by atomic mass is 32.1. The SMILES string of the molecule is CCN(CC)c1ncc(C(=O)O)s1. The van der Waals surface area contributed by atoms with E-state index in [1.807, 2.05) is 18.7 Å². The van der Waals surface area contributed by atoms with Crippen molar-refractivity contribution in [2.45, 2.75) is 13.8 Å². The van der Waals surface area contributed by atoms with E-state index in [-0.39, 0.29) is 0 Å². The van der Waals surface area contributed by atoms with E-state index in [4.69, 9.17) is 5.11 Å². The Labute approximate surface area is 80.8 Å². The molecule has 0 unspecified atom stereocenters. The quantitative estimate of drug-likeness (QED) is 0.803. The van der Waals surface area contributed by atoms with Gasteiger partial charge in [-0.3, -0.25) is 0 Å². The van der Waals surface area contributed by atoms with Gasteiger partial charge in [-0.15, -0.1) is 0 Å². The summed E-state index contributed by atoms with van der Waals surface area (Å²) in [5.74, 6) is -0.907.